The van der Waals surface area contributed by atoms with Gasteiger partial charge in [-0.05, 0) is 69.4 Å². The molecule has 1 atom stereocenters. The van der Waals surface area contributed by atoms with Gasteiger partial charge in [-0.15, -0.1) is 0 Å². The Bertz CT molecular complexity index is 1160. The lowest BCUT2D eigenvalue weighted by Gasteiger charge is -2.26. The number of ether oxygens (including phenoxy) is 3. The molecule has 37 heavy (non-hydrogen) atoms. The van der Waals surface area contributed by atoms with Crippen molar-refractivity contribution in [2.24, 2.45) is 0 Å². The van der Waals surface area contributed by atoms with Gasteiger partial charge >= 0.3 is 0 Å². The standard InChI is InChI=1S/C29H36N2O6/c1-4-5-6-15-35-22-10-7-9-20(18-22)26-25(28(33)29(34)31(26)14-8-13-30(2)3)27(32)21-11-12-23-24(19-21)37-17-16-36-23/h7,9-12,18-19,26,32H,4-6,8,13-17H2,1-3H3/t26-/m0/s1. The van der Waals surface area contributed by atoms with Crippen LogP contribution in [0.4, 0.5) is 0 Å². The molecule has 8 heteroatoms. The quantitative estimate of drug-likeness (QED) is 0.208. The van der Waals surface area contributed by atoms with Crippen LogP contribution >= 0.6 is 0 Å². The van der Waals surface area contributed by atoms with Crippen LogP contribution in [0.25, 0.3) is 5.76 Å². The second-order valence-electron chi connectivity index (χ2n) is 9.64. The second-order valence-corrected chi connectivity index (χ2v) is 9.64. The Kier molecular flexibility index (Phi) is 8.71. The van der Waals surface area contributed by atoms with Crippen molar-refractivity contribution in [3.63, 3.8) is 0 Å². The van der Waals surface area contributed by atoms with Gasteiger partial charge in [0.1, 0.15) is 24.7 Å². The molecule has 1 amide bonds. The first kappa shape index (κ1) is 26.5. The van der Waals surface area contributed by atoms with Gasteiger partial charge < -0.3 is 29.1 Å². The number of aliphatic hydroxyl groups excluding tert-OH is 1. The zero-order valence-electron chi connectivity index (χ0n) is 21.9. The van der Waals surface area contributed by atoms with Crippen LogP contribution in [-0.2, 0) is 9.59 Å². The maximum atomic E-state index is 13.3. The van der Waals surface area contributed by atoms with E-state index in [1.54, 1.807) is 23.1 Å². The smallest absolute Gasteiger partial charge is 0.295 e. The molecule has 0 unspecified atom stereocenters. The van der Waals surface area contributed by atoms with Crippen LogP contribution in [0.2, 0.25) is 0 Å². The van der Waals surface area contributed by atoms with E-state index in [2.05, 4.69) is 6.92 Å². The van der Waals surface area contributed by atoms with E-state index in [1.165, 1.54) is 0 Å². The third kappa shape index (κ3) is 6.07. The number of aliphatic hydroxyl groups is 1. The fraction of sp³-hybridized carbons (Fsp3) is 0.448. The molecule has 2 aromatic rings. The van der Waals surface area contributed by atoms with Crippen LogP contribution in [0, 0.1) is 0 Å². The number of carbonyl (C=O) groups excluding carboxylic acids is 2. The molecule has 4 rings (SSSR count). The Labute approximate surface area is 218 Å². The van der Waals surface area contributed by atoms with Crippen LogP contribution < -0.4 is 14.2 Å². The molecule has 0 spiro atoms. The minimum absolute atomic E-state index is 0.0645. The normalized spacial score (nSPS) is 18.5. The first-order chi connectivity index (χ1) is 17.9. The fourth-order valence-electron chi connectivity index (χ4n) is 4.68. The van der Waals surface area contributed by atoms with Crippen molar-refractivity contribution in [2.75, 3.05) is 47.0 Å². The third-order valence-corrected chi connectivity index (χ3v) is 6.55. The van der Waals surface area contributed by atoms with Gasteiger partial charge in [0.05, 0.1) is 18.2 Å². The maximum absolute atomic E-state index is 13.3. The average Bonchev–Trinajstić information content (AvgIpc) is 3.15. The summed E-state index contributed by atoms with van der Waals surface area (Å²) in [5.41, 5.74) is 1.18. The number of hydrogen-bond donors (Lipinski definition) is 1. The monoisotopic (exact) mass is 508 g/mol. The molecule has 2 aliphatic rings. The Morgan fingerprint density at radius 3 is 2.59 bits per heavy atom. The average molecular weight is 509 g/mol. The highest BCUT2D eigenvalue weighted by Crippen LogP contribution is 2.41. The van der Waals surface area contributed by atoms with Gasteiger partial charge in [-0.3, -0.25) is 9.59 Å². The first-order valence-corrected chi connectivity index (χ1v) is 13.0. The molecule has 2 aromatic carbocycles. The number of Topliss-reactive ketones (excluding diaryl/α,β-unsaturated/α-hetero) is 1. The highest BCUT2D eigenvalue weighted by molar-refractivity contribution is 6.46. The Hall–Kier alpha value is -3.52. The molecule has 0 radical (unpaired) electrons. The summed E-state index contributed by atoms with van der Waals surface area (Å²) < 4.78 is 17.2. The molecule has 2 aliphatic heterocycles. The van der Waals surface area contributed by atoms with Gasteiger partial charge in [0.25, 0.3) is 11.7 Å². The molecule has 1 N–H and O–H groups in total. The summed E-state index contributed by atoms with van der Waals surface area (Å²) in [7, 11) is 3.93. The molecule has 1 fully saturated rings. The van der Waals surface area contributed by atoms with Crippen LogP contribution in [-0.4, -0.2) is 73.6 Å². The summed E-state index contributed by atoms with van der Waals surface area (Å²) in [6, 6.07) is 11.7. The van der Waals surface area contributed by atoms with E-state index in [0.717, 1.165) is 31.4 Å². The molecule has 8 nitrogen and oxygen atoms in total. The molecule has 0 bridgehead atoms. The molecule has 0 saturated carbocycles. The Balaban J connectivity index is 1.72. The maximum Gasteiger partial charge on any atom is 0.295 e. The Morgan fingerprint density at radius 1 is 1.05 bits per heavy atom. The van der Waals surface area contributed by atoms with Crippen molar-refractivity contribution in [3.05, 3.63) is 59.2 Å². The van der Waals surface area contributed by atoms with Crippen molar-refractivity contribution >= 4 is 17.4 Å². The lowest BCUT2D eigenvalue weighted by atomic mass is 9.95. The van der Waals surface area contributed by atoms with E-state index in [-0.39, 0.29) is 11.3 Å². The minimum atomic E-state index is -0.727. The summed E-state index contributed by atoms with van der Waals surface area (Å²) in [6.45, 7) is 4.73. The van der Waals surface area contributed by atoms with Crippen molar-refractivity contribution in [3.8, 4) is 17.2 Å². The molecule has 198 valence electrons. The van der Waals surface area contributed by atoms with Crippen LogP contribution in [0.15, 0.2) is 48.0 Å². The predicted molar refractivity (Wildman–Crippen MR) is 141 cm³/mol. The summed E-state index contributed by atoms with van der Waals surface area (Å²) >= 11 is 0. The van der Waals surface area contributed by atoms with E-state index in [9.17, 15) is 14.7 Å². The van der Waals surface area contributed by atoms with Gasteiger partial charge in [0.2, 0.25) is 0 Å². The number of rotatable bonds is 11. The number of amides is 1. The van der Waals surface area contributed by atoms with Gasteiger partial charge in [-0.2, -0.15) is 0 Å². The number of ketones is 1. The largest absolute Gasteiger partial charge is 0.507 e. The third-order valence-electron chi connectivity index (χ3n) is 6.55. The highest BCUT2D eigenvalue weighted by Gasteiger charge is 2.46. The van der Waals surface area contributed by atoms with E-state index in [4.69, 9.17) is 14.2 Å². The predicted octanol–water partition coefficient (Wildman–Crippen LogP) is 4.40. The summed E-state index contributed by atoms with van der Waals surface area (Å²) in [6.07, 6.45) is 3.83. The van der Waals surface area contributed by atoms with Gasteiger partial charge in [0.15, 0.2) is 11.5 Å². The highest BCUT2D eigenvalue weighted by atomic mass is 16.6. The number of carbonyl (C=O) groups is 2. The summed E-state index contributed by atoms with van der Waals surface area (Å²) in [4.78, 5) is 30.1. The lowest BCUT2D eigenvalue weighted by Crippen LogP contribution is -2.32. The number of fused-ring (bicyclic) bond motifs is 1. The lowest BCUT2D eigenvalue weighted by molar-refractivity contribution is -0.139. The van der Waals surface area contributed by atoms with Crippen LogP contribution in [0.3, 0.4) is 0 Å². The van der Waals surface area contributed by atoms with Crippen LogP contribution in [0.5, 0.6) is 17.2 Å². The van der Waals surface area contributed by atoms with E-state index in [1.807, 2.05) is 43.3 Å². The molecule has 0 aromatic heterocycles. The van der Waals surface area contributed by atoms with Gasteiger partial charge in [-0.1, -0.05) is 31.9 Å². The molecule has 0 aliphatic carbocycles. The number of unbranched alkanes of at least 4 members (excludes halogenated alkanes) is 2. The van der Waals surface area contributed by atoms with E-state index >= 15 is 0 Å². The van der Waals surface area contributed by atoms with Gasteiger partial charge in [-0.25, -0.2) is 0 Å². The minimum Gasteiger partial charge on any atom is -0.507 e. The Morgan fingerprint density at radius 2 is 1.84 bits per heavy atom. The number of nitrogens with zero attached hydrogens (tertiary/aromatic N) is 2. The summed E-state index contributed by atoms with van der Waals surface area (Å²) in [5, 5.41) is 11.4. The van der Waals surface area contributed by atoms with Crippen molar-refractivity contribution in [1.29, 1.82) is 0 Å². The zero-order valence-corrected chi connectivity index (χ0v) is 21.9. The number of likely N-dealkylation sites (tertiary alicyclic amines) is 1. The zero-order chi connectivity index (χ0) is 26.4. The van der Waals surface area contributed by atoms with Crippen molar-refractivity contribution in [2.45, 2.75) is 38.6 Å². The fourth-order valence-corrected chi connectivity index (χ4v) is 4.68. The van der Waals surface area contributed by atoms with E-state index in [0.29, 0.717) is 55.6 Å². The molecular weight excluding hydrogens is 472 g/mol. The van der Waals surface area contributed by atoms with E-state index < -0.39 is 17.7 Å². The molecule has 2 heterocycles. The van der Waals surface area contributed by atoms with Crippen LogP contribution in [0.1, 0.15) is 49.8 Å². The molecular formula is C29H36N2O6. The number of hydrogen-bond acceptors (Lipinski definition) is 7. The van der Waals surface area contributed by atoms with Crippen molar-refractivity contribution in [1.82, 2.24) is 9.80 Å². The molecule has 1 saturated heterocycles. The topological polar surface area (TPSA) is 88.5 Å². The number of benzene rings is 2. The van der Waals surface area contributed by atoms with Gasteiger partial charge in [0, 0.05) is 12.1 Å². The summed E-state index contributed by atoms with van der Waals surface area (Å²) in [5.74, 6) is 0.205. The first-order valence-electron chi connectivity index (χ1n) is 13.0. The second kappa shape index (κ2) is 12.1. The van der Waals surface area contributed by atoms with Crippen molar-refractivity contribution < 1.29 is 28.9 Å². The SMILES string of the molecule is CCCCCOc1cccc([C@H]2C(=C(O)c3ccc4c(c3)OCCO4)C(=O)C(=O)N2CCCN(C)C)c1.